The Morgan fingerprint density at radius 3 is 2.55 bits per heavy atom. The fourth-order valence-electron chi connectivity index (χ4n) is 2.78. The zero-order chi connectivity index (χ0) is 15.9. The molecule has 0 aromatic heterocycles. The molecule has 1 aromatic carbocycles. The van der Waals surface area contributed by atoms with E-state index in [9.17, 15) is 9.59 Å². The summed E-state index contributed by atoms with van der Waals surface area (Å²) in [7, 11) is 0. The van der Waals surface area contributed by atoms with Gasteiger partial charge in [-0.15, -0.1) is 0 Å². The number of carbonyl (C=O) groups excluding carboxylic acids is 1. The van der Waals surface area contributed by atoms with Crippen LogP contribution in [0, 0.1) is 0 Å². The van der Waals surface area contributed by atoms with E-state index >= 15 is 0 Å². The molecule has 22 heavy (non-hydrogen) atoms. The first-order valence-corrected chi connectivity index (χ1v) is 7.82. The van der Waals surface area contributed by atoms with Crippen molar-refractivity contribution >= 4 is 11.9 Å². The summed E-state index contributed by atoms with van der Waals surface area (Å²) in [4.78, 5) is 23.1. The number of benzene rings is 1. The number of ether oxygens (including phenoxy) is 1. The highest BCUT2D eigenvalue weighted by Crippen LogP contribution is 2.20. The Hall–Kier alpha value is -1.88. The van der Waals surface area contributed by atoms with Gasteiger partial charge in [0.1, 0.15) is 6.10 Å². The second-order valence-corrected chi connectivity index (χ2v) is 5.71. The van der Waals surface area contributed by atoms with Gasteiger partial charge in [0.15, 0.2) is 6.10 Å². The molecule has 1 aromatic rings. The van der Waals surface area contributed by atoms with E-state index in [4.69, 9.17) is 9.84 Å². The first-order chi connectivity index (χ1) is 10.6. The molecule has 1 saturated heterocycles. The first-order valence-electron chi connectivity index (χ1n) is 7.82. The van der Waals surface area contributed by atoms with Crippen LogP contribution in [0.1, 0.15) is 38.2 Å². The van der Waals surface area contributed by atoms with Crippen LogP contribution in [0.5, 0.6) is 0 Å². The third-order valence-electron chi connectivity index (χ3n) is 3.90. The summed E-state index contributed by atoms with van der Waals surface area (Å²) in [5, 5.41) is 11.9. The number of hydrogen-bond donors (Lipinski definition) is 2. The molecule has 3 atom stereocenters. The fraction of sp³-hybridized carbons (Fsp3) is 0.529. The van der Waals surface area contributed by atoms with Crippen LogP contribution in [-0.4, -0.2) is 35.2 Å². The van der Waals surface area contributed by atoms with Crippen LogP contribution in [0.4, 0.5) is 0 Å². The van der Waals surface area contributed by atoms with Crippen LogP contribution < -0.4 is 5.32 Å². The highest BCUT2D eigenvalue weighted by molar-refractivity contribution is 5.82. The lowest BCUT2D eigenvalue weighted by Crippen LogP contribution is -2.42. The van der Waals surface area contributed by atoms with Crippen LogP contribution in [0.15, 0.2) is 30.3 Å². The molecule has 5 nitrogen and oxygen atoms in total. The summed E-state index contributed by atoms with van der Waals surface area (Å²) in [6.45, 7) is 2.08. The van der Waals surface area contributed by atoms with Crippen molar-refractivity contribution in [2.24, 2.45) is 0 Å². The van der Waals surface area contributed by atoms with Crippen LogP contribution in [0.25, 0.3) is 0 Å². The lowest BCUT2D eigenvalue weighted by molar-refractivity contribution is -0.151. The quantitative estimate of drug-likeness (QED) is 0.809. The third-order valence-corrected chi connectivity index (χ3v) is 3.90. The van der Waals surface area contributed by atoms with Crippen LogP contribution >= 0.6 is 0 Å². The molecule has 5 heteroatoms. The number of carboxylic acids is 1. The molecule has 1 aliphatic heterocycles. The van der Waals surface area contributed by atoms with Gasteiger partial charge in [0.25, 0.3) is 0 Å². The molecule has 0 aliphatic carbocycles. The maximum absolute atomic E-state index is 12.3. The predicted molar refractivity (Wildman–Crippen MR) is 82.5 cm³/mol. The first kappa shape index (κ1) is 16.5. The summed E-state index contributed by atoms with van der Waals surface area (Å²) in [5.41, 5.74) is 1.18. The van der Waals surface area contributed by atoms with Crippen LogP contribution in [0.2, 0.25) is 0 Å². The highest BCUT2D eigenvalue weighted by atomic mass is 16.5. The maximum atomic E-state index is 12.3. The van der Waals surface area contributed by atoms with E-state index < -0.39 is 18.2 Å². The standard InChI is InChI=1S/C17H23NO4/c1-2-6-13(11-12-7-4-3-5-8-12)18-16(19)14-9-10-15(22-14)17(20)21/h3-5,7-8,13-15H,2,6,9-11H2,1H3,(H,18,19)(H,20,21)/t13?,14-,15+/m0/s1. The van der Waals surface area contributed by atoms with Gasteiger partial charge < -0.3 is 15.2 Å². The Kier molecular flexibility index (Phi) is 5.95. The number of nitrogens with one attached hydrogen (secondary N) is 1. The number of rotatable bonds is 7. The van der Waals surface area contributed by atoms with E-state index in [1.54, 1.807) is 0 Å². The molecule has 0 saturated carbocycles. The molecule has 1 unspecified atom stereocenters. The van der Waals surface area contributed by atoms with Gasteiger partial charge >= 0.3 is 5.97 Å². The van der Waals surface area contributed by atoms with Gasteiger partial charge in [-0.25, -0.2) is 4.79 Å². The van der Waals surface area contributed by atoms with Gasteiger partial charge in [0, 0.05) is 6.04 Å². The van der Waals surface area contributed by atoms with Crippen LogP contribution in [0.3, 0.4) is 0 Å². The third kappa shape index (κ3) is 4.56. The van der Waals surface area contributed by atoms with Crippen molar-refractivity contribution in [3.05, 3.63) is 35.9 Å². The van der Waals surface area contributed by atoms with E-state index in [0.29, 0.717) is 12.8 Å². The van der Waals surface area contributed by atoms with E-state index in [1.165, 1.54) is 5.56 Å². The molecule has 2 N–H and O–H groups in total. The Labute approximate surface area is 130 Å². The Morgan fingerprint density at radius 2 is 1.95 bits per heavy atom. The normalized spacial score (nSPS) is 22.2. The van der Waals surface area contributed by atoms with Gasteiger partial charge in [0.05, 0.1) is 0 Å². The molecule has 120 valence electrons. The highest BCUT2D eigenvalue weighted by Gasteiger charge is 2.35. The molecular weight excluding hydrogens is 282 g/mol. The number of carbonyl (C=O) groups is 2. The largest absolute Gasteiger partial charge is 0.479 e. The minimum absolute atomic E-state index is 0.0485. The summed E-state index contributed by atoms with van der Waals surface area (Å²) in [6.07, 6.45) is 2.00. The predicted octanol–water partition coefficient (Wildman–Crippen LogP) is 2.15. The maximum Gasteiger partial charge on any atom is 0.332 e. The van der Waals surface area contributed by atoms with Crippen molar-refractivity contribution in [2.75, 3.05) is 0 Å². The van der Waals surface area contributed by atoms with Gasteiger partial charge in [-0.3, -0.25) is 4.79 Å². The number of amides is 1. The molecule has 2 rings (SSSR count). The van der Waals surface area contributed by atoms with Crippen molar-refractivity contribution in [1.82, 2.24) is 5.32 Å². The molecule has 1 heterocycles. The molecule has 1 fully saturated rings. The molecule has 0 radical (unpaired) electrons. The average Bonchev–Trinajstić information content (AvgIpc) is 2.98. The van der Waals surface area contributed by atoms with Crippen molar-refractivity contribution in [1.29, 1.82) is 0 Å². The topological polar surface area (TPSA) is 75.6 Å². The Balaban J connectivity index is 1.90. The van der Waals surface area contributed by atoms with Crippen molar-refractivity contribution in [3.8, 4) is 0 Å². The fourth-order valence-corrected chi connectivity index (χ4v) is 2.78. The number of aliphatic carboxylic acids is 1. The summed E-state index contributed by atoms with van der Waals surface area (Å²) in [6, 6.07) is 10.1. The minimum atomic E-state index is -0.996. The summed E-state index contributed by atoms with van der Waals surface area (Å²) < 4.78 is 5.30. The molecule has 0 bridgehead atoms. The number of hydrogen-bond acceptors (Lipinski definition) is 3. The van der Waals surface area contributed by atoms with E-state index in [1.807, 2.05) is 30.3 Å². The van der Waals surface area contributed by atoms with Gasteiger partial charge in [-0.05, 0) is 31.2 Å². The van der Waals surface area contributed by atoms with Gasteiger partial charge in [-0.2, -0.15) is 0 Å². The van der Waals surface area contributed by atoms with E-state index in [0.717, 1.165) is 19.3 Å². The second-order valence-electron chi connectivity index (χ2n) is 5.71. The average molecular weight is 305 g/mol. The Morgan fingerprint density at radius 1 is 1.27 bits per heavy atom. The monoisotopic (exact) mass is 305 g/mol. The van der Waals surface area contributed by atoms with Crippen molar-refractivity contribution in [3.63, 3.8) is 0 Å². The van der Waals surface area contributed by atoms with E-state index in [2.05, 4.69) is 12.2 Å². The van der Waals surface area contributed by atoms with E-state index in [-0.39, 0.29) is 11.9 Å². The molecular formula is C17H23NO4. The van der Waals surface area contributed by atoms with Crippen LogP contribution in [-0.2, 0) is 20.7 Å². The Bertz CT molecular complexity index is 503. The zero-order valence-electron chi connectivity index (χ0n) is 12.8. The molecule has 0 spiro atoms. The van der Waals surface area contributed by atoms with Crippen molar-refractivity contribution < 1.29 is 19.4 Å². The number of carboxylic acid groups (broad SMARTS) is 1. The zero-order valence-corrected chi connectivity index (χ0v) is 12.8. The summed E-state index contributed by atoms with van der Waals surface area (Å²) >= 11 is 0. The minimum Gasteiger partial charge on any atom is -0.479 e. The lowest BCUT2D eigenvalue weighted by atomic mass is 10.0. The molecule has 1 amide bonds. The van der Waals surface area contributed by atoms with Crippen molar-refractivity contribution in [2.45, 2.75) is 57.3 Å². The molecule has 1 aliphatic rings. The van der Waals surface area contributed by atoms with Gasteiger partial charge in [0.2, 0.25) is 5.91 Å². The smallest absolute Gasteiger partial charge is 0.332 e. The lowest BCUT2D eigenvalue weighted by Gasteiger charge is -2.20. The SMILES string of the molecule is CCCC(Cc1ccccc1)NC(=O)[C@@H]1CC[C@H](C(=O)O)O1. The second kappa shape index (κ2) is 7.94. The van der Waals surface area contributed by atoms with Gasteiger partial charge in [-0.1, -0.05) is 43.7 Å². The summed E-state index contributed by atoms with van der Waals surface area (Å²) in [5.74, 6) is -1.19.